The molecule has 3 saturated carbocycles. The van der Waals surface area contributed by atoms with Crippen LogP contribution in [0.5, 0.6) is 0 Å². The Morgan fingerprint density at radius 2 is 2.00 bits per heavy atom. The molecule has 0 bridgehead atoms. The summed E-state index contributed by atoms with van der Waals surface area (Å²) in [5.74, 6) is 3.71. The fourth-order valence-electron chi connectivity index (χ4n) is 7.53. The van der Waals surface area contributed by atoms with Crippen LogP contribution in [-0.2, 0) is 4.79 Å². The zero-order chi connectivity index (χ0) is 17.8. The molecule has 0 aliphatic heterocycles. The molecule has 3 fully saturated rings. The van der Waals surface area contributed by atoms with Crippen LogP contribution in [0.15, 0.2) is 36.0 Å². The Labute approximate surface area is 153 Å². The van der Waals surface area contributed by atoms with E-state index in [0.717, 1.165) is 42.9 Å². The molecule has 25 heavy (non-hydrogen) atoms. The summed E-state index contributed by atoms with van der Waals surface area (Å²) in [6, 6.07) is 0. The molecule has 0 aromatic heterocycles. The van der Waals surface area contributed by atoms with E-state index in [1.807, 2.05) is 6.08 Å². The molecule has 0 aromatic carbocycles. The van der Waals surface area contributed by atoms with Crippen LogP contribution in [-0.4, -0.2) is 5.78 Å². The van der Waals surface area contributed by atoms with Crippen molar-refractivity contribution in [3.05, 3.63) is 36.0 Å². The maximum absolute atomic E-state index is 12.0. The Morgan fingerprint density at radius 3 is 2.76 bits per heavy atom. The SMILES string of the molecule is C=CC=C(C)[C@H]1CCC2C3CC=C4CC(=O)CC[C@]4(C)C3CC[C@@]21C. The highest BCUT2D eigenvalue weighted by atomic mass is 16.1. The second-order valence-corrected chi connectivity index (χ2v) is 9.80. The zero-order valence-corrected chi connectivity index (χ0v) is 16.3. The monoisotopic (exact) mass is 338 g/mol. The van der Waals surface area contributed by atoms with E-state index >= 15 is 0 Å². The average Bonchev–Trinajstić information content (AvgIpc) is 2.93. The van der Waals surface area contributed by atoms with Gasteiger partial charge in [-0.1, -0.05) is 49.8 Å². The first kappa shape index (κ1) is 17.3. The lowest BCUT2D eigenvalue weighted by molar-refractivity contribution is -0.122. The van der Waals surface area contributed by atoms with Gasteiger partial charge in [0.05, 0.1) is 0 Å². The van der Waals surface area contributed by atoms with Crippen LogP contribution >= 0.6 is 0 Å². The number of carbonyl (C=O) groups excluding carboxylic acids is 1. The van der Waals surface area contributed by atoms with E-state index in [0.29, 0.717) is 16.6 Å². The van der Waals surface area contributed by atoms with Crippen LogP contribution < -0.4 is 0 Å². The molecule has 0 spiro atoms. The predicted octanol–water partition coefficient (Wildman–Crippen LogP) is 6.27. The van der Waals surface area contributed by atoms with Crippen LogP contribution in [0, 0.1) is 34.5 Å². The molecular weight excluding hydrogens is 304 g/mol. The lowest BCUT2D eigenvalue weighted by Crippen LogP contribution is -2.50. The minimum atomic E-state index is 0.308. The zero-order valence-electron chi connectivity index (χ0n) is 16.3. The minimum absolute atomic E-state index is 0.308. The van der Waals surface area contributed by atoms with Gasteiger partial charge in [0.15, 0.2) is 0 Å². The molecule has 0 saturated heterocycles. The van der Waals surface area contributed by atoms with Crippen molar-refractivity contribution in [2.45, 2.75) is 72.1 Å². The molecule has 1 nitrogen and oxygen atoms in total. The maximum atomic E-state index is 12.0. The van der Waals surface area contributed by atoms with Crippen LogP contribution in [0.3, 0.4) is 0 Å². The van der Waals surface area contributed by atoms with Gasteiger partial charge in [0, 0.05) is 12.8 Å². The first-order chi connectivity index (χ1) is 11.9. The third kappa shape index (κ3) is 2.45. The number of ketones is 1. The Bertz CT molecular complexity index is 653. The summed E-state index contributed by atoms with van der Waals surface area (Å²) in [4.78, 5) is 12.0. The van der Waals surface area contributed by atoms with E-state index in [9.17, 15) is 4.79 Å². The highest BCUT2D eigenvalue weighted by molar-refractivity contribution is 5.82. The molecule has 0 radical (unpaired) electrons. The number of carbonyl (C=O) groups is 1. The molecule has 136 valence electrons. The maximum Gasteiger partial charge on any atom is 0.136 e. The topological polar surface area (TPSA) is 17.1 Å². The van der Waals surface area contributed by atoms with Gasteiger partial charge in [-0.25, -0.2) is 0 Å². The summed E-state index contributed by atoms with van der Waals surface area (Å²) < 4.78 is 0. The number of Topliss-reactive ketones (excluding diaryl/α,β-unsaturated/α-hetero) is 1. The van der Waals surface area contributed by atoms with Crippen LogP contribution in [0.4, 0.5) is 0 Å². The molecule has 0 aromatic rings. The number of hydrogen-bond donors (Lipinski definition) is 0. The van der Waals surface area contributed by atoms with Gasteiger partial charge in [-0.3, -0.25) is 4.79 Å². The van der Waals surface area contributed by atoms with Crippen molar-refractivity contribution >= 4 is 5.78 Å². The van der Waals surface area contributed by atoms with Crippen molar-refractivity contribution < 1.29 is 4.79 Å². The third-order valence-corrected chi connectivity index (χ3v) is 8.87. The van der Waals surface area contributed by atoms with Crippen LogP contribution in [0.1, 0.15) is 72.1 Å². The summed E-state index contributed by atoms with van der Waals surface area (Å²) >= 11 is 0. The van der Waals surface area contributed by atoms with Gasteiger partial charge in [0.1, 0.15) is 5.78 Å². The average molecular weight is 339 g/mol. The van der Waals surface area contributed by atoms with Crippen LogP contribution in [0.2, 0.25) is 0 Å². The van der Waals surface area contributed by atoms with Crippen molar-refractivity contribution in [2.75, 3.05) is 0 Å². The van der Waals surface area contributed by atoms with Crippen molar-refractivity contribution in [2.24, 2.45) is 34.5 Å². The first-order valence-corrected chi connectivity index (χ1v) is 10.4. The van der Waals surface area contributed by atoms with Gasteiger partial charge in [-0.15, -0.1) is 0 Å². The largest absolute Gasteiger partial charge is 0.299 e. The lowest BCUT2D eigenvalue weighted by Gasteiger charge is -2.57. The standard InChI is InChI=1S/C24H34O/c1-5-6-16(2)20-9-10-21-19-8-7-17-15-18(25)11-13-23(17,3)22(19)12-14-24(20,21)4/h5-7,19-22H,1,8-15H2,2-4H3/t19?,20-,21?,22?,23+,24-/m1/s1. The molecule has 4 aliphatic rings. The first-order valence-electron chi connectivity index (χ1n) is 10.4. The molecule has 1 heteroatoms. The van der Waals surface area contributed by atoms with E-state index in [2.05, 4.69) is 39.5 Å². The van der Waals surface area contributed by atoms with E-state index in [4.69, 9.17) is 0 Å². The number of rotatable bonds is 2. The minimum Gasteiger partial charge on any atom is -0.299 e. The quantitative estimate of drug-likeness (QED) is 0.428. The van der Waals surface area contributed by atoms with E-state index in [1.54, 1.807) is 5.57 Å². The molecule has 4 aliphatic carbocycles. The smallest absolute Gasteiger partial charge is 0.136 e. The van der Waals surface area contributed by atoms with Crippen molar-refractivity contribution in [3.63, 3.8) is 0 Å². The number of fused-ring (bicyclic) bond motifs is 5. The van der Waals surface area contributed by atoms with Crippen LogP contribution in [0.25, 0.3) is 0 Å². The summed E-state index contributed by atoms with van der Waals surface area (Å²) in [5, 5.41) is 0. The van der Waals surface area contributed by atoms with Gasteiger partial charge in [0.25, 0.3) is 0 Å². The molecule has 0 amide bonds. The summed E-state index contributed by atoms with van der Waals surface area (Å²) in [6.45, 7) is 11.3. The van der Waals surface area contributed by atoms with E-state index < -0.39 is 0 Å². The number of allylic oxidation sites excluding steroid dienone is 5. The van der Waals surface area contributed by atoms with Gasteiger partial charge in [-0.2, -0.15) is 0 Å². The van der Waals surface area contributed by atoms with Gasteiger partial charge in [-0.05, 0) is 80.0 Å². The number of hydrogen-bond acceptors (Lipinski definition) is 1. The Balaban J connectivity index is 1.65. The van der Waals surface area contributed by atoms with Gasteiger partial charge < -0.3 is 0 Å². The second kappa shape index (κ2) is 5.96. The normalized spacial score (nSPS) is 46.8. The molecule has 4 rings (SSSR count). The summed E-state index contributed by atoms with van der Waals surface area (Å²) in [7, 11) is 0. The molecular formula is C24H34O. The molecule has 0 N–H and O–H groups in total. The summed E-state index contributed by atoms with van der Waals surface area (Å²) in [6.07, 6.45) is 16.0. The third-order valence-electron chi connectivity index (χ3n) is 8.87. The highest BCUT2D eigenvalue weighted by Crippen LogP contribution is 2.66. The van der Waals surface area contributed by atoms with E-state index in [1.165, 1.54) is 37.7 Å². The van der Waals surface area contributed by atoms with E-state index in [-0.39, 0.29) is 0 Å². The fourth-order valence-corrected chi connectivity index (χ4v) is 7.53. The second-order valence-electron chi connectivity index (χ2n) is 9.80. The Kier molecular flexibility index (Phi) is 4.13. The molecule has 3 unspecified atom stereocenters. The Morgan fingerprint density at radius 1 is 1.20 bits per heavy atom. The van der Waals surface area contributed by atoms with Crippen molar-refractivity contribution in [1.29, 1.82) is 0 Å². The fraction of sp³-hybridized carbons (Fsp3) is 0.708. The summed E-state index contributed by atoms with van der Waals surface area (Å²) in [5.41, 5.74) is 3.81. The molecule has 0 heterocycles. The van der Waals surface area contributed by atoms with Gasteiger partial charge in [0.2, 0.25) is 0 Å². The van der Waals surface area contributed by atoms with Gasteiger partial charge >= 0.3 is 0 Å². The highest BCUT2D eigenvalue weighted by Gasteiger charge is 2.58. The lowest BCUT2D eigenvalue weighted by atomic mass is 9.47. The molecule has 6 atom stereocenters. The van der Waals surface area contributed by atoms with Crippen molar-refractivity contribution in [3.8, 4) is 0 Å². The Hall–Kier alpha value is -1.11. The predicted molar refractivity (Wildman–Crippen MR) is 104 cm³/mol. The van der Waals surface area contributed by atoms with Crippen molar-refractivity contribution in [1.82, 2.24) is 0 Å².